The van der Waals surface area contributed by atoms with Crippen LogP contribution in [-0.2, 0) is 0 Å². The van der Waals surface area contributed by atoms with E-state index in [1.807, 2.05) is 0 Å². The second-order valence-corrected chi connectivity index (χ2v) is 3.25. The first-order chi connectivity index (χ1) is 4.22. The Labute approximate surface area is 61.7 Å². The minimum atomic E-state index is 0.628. The molecule has 0 unspecified atom stereocenters. The van der Waals surface area contributed by atoms with Gasteiger partial charge in [-0.1, -0.05) is 19.9 Å². The highest BCUT2D eigenvalue weighted by Crippen LogP contribution is 2.21. The van der Waals surface area contributed by atoms with Crippen molar-refractivity contribution in [2.24, 2.45) is 11.7 Å². The van der Waals surface area contributed by atoms with Crippen molar-refractivity contribution in [3.63, 3.8) is 0 Å². The first-order valence-corrected chi connectivity index (χ1v) is 4.20. The molecule has 0 saturated heterocycles. The maximum absolute atomic E-state index is 5.36. The molecule has 0 radical (unpaired) electrons. The van der Waals surface area contributed by atoms with Gasteiger partial charge in [0.15, 0.2) is 0 Å². The topological polar surface area (TPSA) is 26.0 Å². The van der Waals surface area contributed by atoms with E-state index < -0.39 is 0 Å². The molecule has 2 heteroatoms. The fraction of sp³-hybridized carbons (Fsp3) is 0.714. The Kier molecular flexibility index (Phi) is 4.91. The van der Waals surface area contributed by atoms with Gasteiger partial charge >= 0.3 is 0 Å². The van der Waals surface area contributed by atoms with Gasteiger partial charge in [-0.05, 0) is 17.7 Å². The van der Waals surface area contributed by atoms with Crippen LogP contribution in [0.25, 0.3) is 0 Å². The van der Waals surface area contributed by atoms with E-state index in [-0.39, 0.29) is 0 Å². The molecule has 9 heavy (non-hydrogen) atoms. The highest BCUT2D eigenvalue weighted by molar-refractivity contribution is 8.03. The maximum atomic E-state index is 5.36. The minimum Gasteiger partial charge on any atom is -0.322 e. The van der Waals surface area contributed by atoms with Crippen molar-refractivity contribution < 1.29 is 0 Å². The second-order valence-electron chi connectivity index (χ2n) is 2.16. The van der Waals surface area contributed by atoms with Crippen LogP contribution in [0, 0.1) is 5.92 Å². The Morgan fingerprint density at radius 3 is 2.33 bits per heavy atom. The molecule has 54 valence electrons. The normalized spacial score (nSPS) is 12.8. The summed E-state index contributed by atoms with van der Waals surface area (Å²) >= 11 is 1.72. The smallest absolute Gasteiger partial charge is 0.0437 e. The molecular weight excluding hydrogens is 130 g/mol. The van der Waals surface area contributed by atoms with Crippen molar-refractivity contribution in [2.45, 2.75) is 20.8 Å². The molecule has 0 aliphatic heterocycles. The predicted molar refractivity (Wildman–Crippen MR) is 45.2 cm³/mol. The van der Waals surface area contributed by atoms with Crippen LogP contribution < -0.4 is 5.73 Å². The molecule has 0 saturated carbocycles. The lowest BCUT2D eigenvalue weighted by Gasteiger charge is -2.07. The Bertz CT molecular complexity index is 97.1. The molecule has 0 atom stereocenters. The van der Waals surface area contributed by atoms with Gasteiger partial charge in [0.1, 0.15) is 0 Å². The van der Waals surface area contributed by atoms with Crippen molar-refractivity contribution in [1.29, 1.82) is 0 Å². The lowest BCUT2D eigenvalue weighted by Crippen LogP contribution is -1.96. The van der Waals surface area contributed by atoms with E-state index >= 15 is 0 Å². The molecule has 0 aliphatic rings. The van der Waals surface area contributed by atoms with Crippen molar-refractivity contribution >= 4 is 11.8 Å². The lowest BCUT2D eigenvalue weighted by atomic mass is 10.2. The van der Waals surface area contributed by atoms with Crippen LogP contribution in [0.3, 0.4) is 0 Å². The van der Waals surface area contributed by atoms with E-state index in [0.29, 0.717) is 11.8 Å². The standard InChI is InChI=1S/C7H15NS/c1-4-7(6(2)3)9-5-8/h4,6H,5,8H2,1-3H3/b7-4-. The van der Waals surface area contributed by atoms with Gasteiger partial charge in [0, 0.05) is 5.88 Å². The van der Waals surface area contributed by atoms with Crippen LogP contribution in [0.2, 0.25) is 0 Å². The zero-order valence-corrected chi connectivity index (χ0v) is 7.16. The van der Waals surface area contributed by atoms with Crippen LogP contribution >= 0.6 is 11.8 Å². The largest absolute Gasteiger partial charge is 0.322 e. The van der Waals surface area contributed by atoms with E-state index in [9.17, 15) is 0 Å². The Balaban J connectivity index is 3.70. The maximum Gasteiger partial charge on any atom is 0.0437 e. The van der Waals surface area contributed by atoms with Crippen molar-refractivity contribution in [3.8, 4) is 0 Å². The molecule has 0 amide bonds. The van der Waals surface area contributed by atoms with Gasteiger partial charge in [-0.2, -0.15) is 0 Å². The van der Waals surface area contributed by atoms with E-state index in [4.69, 9.17) is 5.73 Å². The minimum absolute atomic E-state index is 0.628. The quantitative estimate of drug-likeness (QED) is 0.616. The summed E-state index contributed by atoms with van der Waals surface area (Å²) in [6.45, 7) is 6.41. The zero-order chi connectivity index (χ0) is 7.28. The van der Waals surface area contributed by atoms with Crippen molar-refractivity contribution in [2.75, 3.05) is 5.88 Å². The molecule has 1 nitrogen and oxygen atoms in total. The van der Waals surface area contributed by atoms with Gasteiger partial charge in [-0.3, -0.25) is 0 Å². The van der Waals surface area contributed by atoms with Gasteiger partial charge < -0.3 is 5.73 Å². The molecule has 0 aromatic rings. The lowest BCUT2D eigenvalue weighted by molar-refractivity contribution is 0.814. The molecule has 0 aromatic heterocycles. The summed E-state index contributed by atoms with van der Waals surface area (Å²) in [6, 6.07) is 0. The number of allylic oxidation sites excluding steroid dienone is 2. The van der Waals surface area contributed by atoms with E-state index in [1.165, 1.54) is 4.91 Å². The third-order valence-electron chi connectivity index (χ3n) is 1.10. The Hall–Kier alpha value is 0.0500. The first-order valence-electron chi connectivity index (χ1n) is 3.21. The summed E-state index contributed by atoms with van der Waals surface area (Å²) in [7, 11) is 0. The van der Waals surface area contributed by atoms with Crippen LogP contribution in [-0.4, -0.2) is 5.88 Å². The molecule has 0 heterocycles. The molecule has 0 bridgehead atoms. The second kappa shape index (κ2) is 4.89. The fourth-order valence-electron chi connectivity index (χ4n) is 0.680. The number of rotatable bonds is 3. The third-order valence-corrected chi connectivity index (χ3v) is 2.31. The number of hydrogen-bond acceptors (Lipinski definition) is 2. The Morgan fingerprint density at radius 2 is 2.22 bits per heavy atom. The number of hydrogen-bond donors (Lipinski definition) is 1. The average molecular weight is 145 g/mol. The first kappa shape index (κ1) is 9.05. The summed E-state index contributed by atoms with van der Waals surface area (Å²) in [5.41, 5.74) is 5.36. The number of thioether (sulfide) groups is 1. The molecule has 0 spiro atoms. The number of nitrogens with two attached hydrogens (primary N) is 1. The summed E-state index contributed by atoms with van der Waals surface area (Å²) < 4.78 is 0. The SMILES string of the molecule is C/C=C(\SCN)C(C)C. The van der Waals surface area contributed by atoms with Crippen LogP contribution in [0.1, 0.15) is 20.8 Å². The Morgan fingerprint density at radius 1 is 1.67 bits per heavy atom. The van der Waals surface area contributed by atoms with Crippen LogP contribution in [0.15, 0.2) is 11.0 Å². The third kappa shape index (κ3) is 3.60. The summed E-state index contributed by atoms with van der Waals surface area (Å²) in [5, 5.41) is 0. The molecule has 0 aliphatic carbocycles. The zero-order valence-electron chi connectivity index (χ0n) is 6.35. The highest BCUT2D eigenvalue weighted by atomic mass is 32.2. The van der Waals surface area contributed by atoms with Crippen LogP contribution in [0.4, 0.5) is 0 Å². The molecule has 0 fully saturated rings. The van der Waals surface area contributed by atoms with Crippen LogP contribution in [0.5, 0.6) is 0 Å². The van der Waals surface area contributed by atoms with Gasteiger partial charge in [-0.15, -0.1) is 11.8 Å². The molecule has 0 rings (SSSR count). The van der Waals surface area contributed by atoms with E-state index in [2.05, 4.69) is 26.8 Å². The molecular formula is C7H15NS. The van der Waals surface area contributed by atoms with E-state index in [0.717, 1.165) is 0 Å². The summed E-state index contributed by atoms with van der Waals surface area (Å²) in [4.78, 5) is 1.39. The van der Waals surface area contributed by atoms with E-state index in [1.54, 1.807) is 11.8 Å². The fourth-order valence-corrected chi connectivity index (χ4v) is 1.37. The average Bonchev–Trinajstić information content (AvgIpc) is 1.82. The highest BCUT2D eigenvalue weighted by Gasteiger charge is 1.99. The van der Waals surface area contributed by atoms with Crippen molar-refractivity contribution in [1.82, 2.24) is 0 Å². The summed E-state index contributed by atoms with van der Waals surface area (Å²) in [5.74, 6) is 1.32. The molecule has 2 N–H and O–H groups in total. The summed E-state index contributed by atoms with van der Waals surface area (Å²) in [6.07, 6.45) is 2.13. The van der Waals surface area contributed by atoms with Gasteiger partial charge in [-0.25, -0.2) is 0 Å². The monoisotopic (exact) mass is 145 g/mol. The molecule has 0 aromatic carbocycles. The van der Waals surface area contributed by atoms with Gasteiger partial charge in [0.25, 0.3) is 0 Å². The predicted octanol–water partition coefficient (Wildman–Crippen LogP) is 2.20. The van der Waals surface area contributed by atoms with Crippen molar-refractivity contribution in [3.05, 3.63) is 11.0 Å². The van der Waals surface area contributed by atoms with Gasteiger partial charge in [0.2, 0.25) is 0 Å². The van der Waals surface area contributed by atoms with Gasteiger partial charge in [0.05, 0.1) is 0 Å².